The topological polar surface area (TPSA) is 197 Å². The summed E-state index contributed by atoms with van der Waals surface area (Å²) in [5.41, 5.74) is 6.27. The highest BCUT2D eigenvalue weighted by Gasteiger charge is 2.50. The number of amides is 1. The number of piperidine rings is 1. The van der Waals surface area contributed by atoms with Gasteiger partial charge in [0.05, 0.1) is 46.4 Å². The molecule has 0 bridgehead atoms. The lowest BCUT2D eigenvalue weighted by Crippen LogP contribution is -2.55. The molecule has 1 amide bonds. The van der Waals surface area contributed by atoms with Gasteiger partial charge in [0.2, 0.25) is 5.88 Å². The van der Waals surface area contributed by atoms with Gasteiger partial charge in [0, 0.05) is 72.9 Å². The number of nitrogens with one attached hydrogen (secondary N) is 3. The zero-order valence-electron chi connectivity index (χ0n) is 39.8. The molecule has 4 fully saturated rings. The number of ether oxygens (including phenoxy) is 3. The Morgan fingerprint density at radius 1 is 0.972 bits per heavy atom. The van der Waals surface area contributed by atoms with Crippen LogP contribution in [0.25, 0.3) is 11.0 Å². The number of hydrogen-bond donors (Lipinski definition) is 3. The molecule has 368 valence electrons. The standard InChI is InChI=1S/C53H57N9O8S/c1-32(2)39-9-3-4-10-40(39)42-11-7-19-60(42)37-27-53(28-37)15-20-59(21-16-53)36-12-13-41(43(24-36)61-45-22-33-14-18-55-50(33)57-52(45)70-48-31-68-30-46(48)61)51(63)58-71(66,67)38-25-44(62(64)65)49-47(26-38)69-29-35(56-49)23-34-8-5-6-17-54-34/h3-6,8-10,12-14,17-18,22,24-26,32,35,37,42,46,48,56H,7,11,15-16,19-21,23,27-31H2,1-2H3,(H,55,57)(H,58,63)/t35-,42+,46+,48+/m1/s1. The summed E-state index contributed by atoms with van der Waals surface area (Å²) in [5.74, 6) is -0.0721. The number of aromatic nitrogens is 3. The fourth-order valence-electron chi connectivity index (χ4n) is 12.2. The largest absolute Gasteiger partial charge is 0.489 e. The van der Waals surface area contributed by atoms with Crippen LogP contribution >= 0.6 is 0 Å². The van der Waals surface area contributed by atoms with E-state index in [4.69, 9.17) is 19.2 Å². The maximum Gasteiger partial charge on any atom is 0.297 e. The summed E-state index contributed by atoms with van der Waals surface area (Å²) in [7, 11) is -4.70. The van der Waals surface area contributed by atoms with Crippen LogP contribution in [0.2, 0.25) is 0 Å². The Bertz CT molecular complexity index is 3150. The molecule has 0 radical (unpaired) electrons. The Morgan fingerprint density at radius 3 is 2.61 bits per heavy atom. The Morgan fingerprint density at radius 2 is 1.80 bits per heavy atom. The molecule has 1 saturated carbocycles. The zero-order chi connectivity index (χ0) is 48.6. The molecule has 1 spiro atoms. The van der Waals surface area contributed by atoms with Gasteiger partial charge in [0.25, 0.3) is 21.6 Å². The van der Waals surface area contributed by atoms with Crippen LogP contribution in [0.4, 0.5) is 28.4 Å². The molecule has 6 aliphatic rings. The molecular weight excluding hydrogens is 923 g/mol. The molecule has 3 aromatic carbocycles. The van der Waals surface area contributed by atoms with E-state index in [1.54, 1.807) is 24.5 Å². The van der Waals surface area contributed by atoms with E-state index < -0.39 is 37.5 Å². The molecule has 6 aromatic rings. The Hall–Kier alpha value is -6.76. The molecule has 4 atom stereocenters. The molecule has 12 rings (SSSR count). The minimum Gasteiger partial charge on any atom is -0.489 e. The summed E-state index contributed by atoms with van der Waals surface area (Å²) in [6, 6.07) is 26.4. The predicted octanol–water partition coefficient (Wildman–Crippen LogP) is 8.41. The molecule has 5 aliphatic heterocycles. The number of anilines is 4. The number of aromatic amines is 1. The average molecular weight is 980 g/mol. The minimum absolute atomic E-state index is 0.0107. The number of hydrogen-bond acceptors (Lipinski definition) is 14. The van der Waals surface area contributed by atoms with E-state index in [0.717, 1.165) is 55.3 Å². The number of rotatable bonds is 11. The van der Waals surface area contributed by atoms with Gasteiger partial charge in [-0.25, -0.2) is 13.1 Å². The van der Waals surface area contributed by atoms with Crippen molar-refractivity contribution >= 4 is 55.4 Å². The normalized spacial score (nSPS) is 22.8. The third-order valence-electron chi connectivity index (χ3n) is 15.8. The van der Waals surface area contributed by atoms with Gasteiger partial charge in [0.1, 0.15) is 24.0 Å². The lowest BCUT2D eigenvalue weighted by molar-refractivity contribution is -0.384. The summed E-state index contributed by atoms with van der Waals surface area (Å²) >= 11 is 0. The number of pyridine rings is 2. The van der Waals surface area contributed by atoms with Gasteiger partial charge >= 0.3 is 0 Å². The predicted molar refractivity (Wildman–Crippen MR) is 268 cm³/mol. The summed E-state index contributed by atoms with van der Waals surface area (Å²) in [6.07, 6.45) is 10.4. The third kappa shape index (κ3) is 8.28. The Balaban J connectivity index is 0.828. The summed E-state index contributed by atoms with van der Waals surface area (Å²) in [5, 5.41) is 16.5. The highest BCUT2D eigenvalue weighted by Crippen LogP contribution is 2.55. The highest BCUT2D eigenvalue weighted by atomic mass is 32.2. The van der Waals surface area contributed by atoms with Gasteiger partial charge in [-0.05, 0) is 110 Å². The minimum atomic E-state index is -4.70. The maximum absolute atomic E-state index is 14.7. The van der Waals surface area contributed by atoms with E-state index in [-0.39, 0.29) is 41.1 Å². The Labute approximate surface area is 412 Å². The van der Waals surface area contributed by atoms with Crippen LogP contribution in [0.3, 0.4) is 0 Å². The molecule has 18 heteroatoms. The average Bonchev–Trinajstić information content (AvgIpc) is 4.16. The van der Waals surface area contributed by atoms with Gasteiger partial charge in [0.15, 0.2) is 11.4 Å². The molecule has 71 heavy (non-hydrogen) atoms. The summed E-state index contributed by atoms with van der Waals surface area (Å²) in [6.45, 7) is 8.10. The van der Waals surface area contributed by atoms with E-state index in [1.165, 1.54) is 42.9 Å². The van der Waals surface area contributed by atoms with Crippen molar-refractivity contribution in [2.75, 3.05) is 54.6 Å². The van der Waals surface area contributed by atoms with Crippen molar-refractivity contribution in [1.29, 1.82) is 0 Å². The second kappa shape index (κ2) is 17.8. The van der Waals surface area contributed by atoms with Crippen LogP contribution in [0, 0.1) is 15.5 Å². The van der Waals surface area contributed by atoms with E-state index >= 15 is 0 Å². The van der Waals surface area contributed by atoms with E-state index in [9.17, 15) is 23.3 Å². The Kier molecular flexibility index (Phi) is 11.4. The molecule has 17 nitrogen and oxygen atoms in total. The number of sulfonamides is 1. The fraction of sp³-hybridized carbons (Fsp3) is 0.415. The van der Waals surface area contributed by atoms with Gasteiger partial charge in [-0.1, -0.05) is 44.2 Å². The van der Waals surface area contributed by atoms with Crippen molar-refractivity contribution in [2.24, 2.45) is 5.41 Å². The first-order valence-corrected chi connectivity index (χ1v) is 26.3. The van der Waals surface area contributed by atoms with Crippen LogP contribution in [0.5, 0.6) is 11.6 Å². The van der Waals surface area contributed by atoms with E-state index in [2.05, 4.69) is 67.9 Å². The molecule has 0 unspecified atom stereocenters. The van der Waals surface area contributed by atoms with Crippen LogP contribution in [-0.4, -0.2) is 103 Å². The van der Waals surface area contributed by atoms with Gasteiger partial charge in [-0.3, -0.25) is 24.8 Å². The number of nitro groups is 1. The van der Waals surface area contributed by atoms with Crippen LogP contribution < -0.4 is 29.3 Å². The smallest absolute Gasteiger partial charge is 0.297 e. The van der Waals surface area contributed by atoms with Crippen LogP contribution in [-0.2, 0) is 21.2 Å². The lowest BCUT2D eigenvalue weighted by Gasteiger charge is -2.56. The number of nitro benzene ring substituents is 1. The molecule has 8 heterocycles. The number of fused-ring (bicyclic) bond motifs is 4. The van der Waals surface area contributed by atoms with Crippen molar-refractivity contribution in [3.8, 4) is 11.6 Å². The maximum atomic E-state index is 14.7. The molecule has 1 aliphatic carbocycles. The van der Waals surface area contributed by atoms with Crippen molar-refractivity contribution in [3.63, 3.8) is 0 Å². The second-order valence-electron chi connectivity index (χ2n) is 20.5. The number of carbonyl (C=O) groups excluding carboxylic acids is 1. The first-order valence-electron chi connectivity index (χ1n) is 24.8. The zero-order valence-corrected chi connectivity index (χ0v) is 40.6. The van der Waals surface area contributed by atoms with Crippen LogP contribution in [0.15, 0.2) is 102 Å². The first kappa shape index (κ1) is 45.4. The third-order valence-corrected chi connectivity index (χ3v) is 17.2. The van der Waals surface area contributed by atoms with Crippen molar-refractivity contribution in [3.05, 3.63) is 130 Å². The van der Waals surface area contributed by atoms with Crippen molar-refractivity contribution < 1.29 is 32.3 Å². The lowest BCUT2D eigenvalue weighted by atomic mass is 9.59. The number of benzene rings is 3. The molecule has 3 aromatic heterocycles. The molecular formula is C53H57N9O8S. The van der Waals surface area contributed by atoms with E-state index in [0.29, 0.717) is 60.5 Å². The monoisotopic (exact) mass is 979 g/mol. The highest BCUT2D eigenvalue weighted by molar-refractivity contribution is 7.90. The fourth-order valence-corrected chi connectivity index (χ4v) is 13.2. The quantitative estimate of drug-likeness (QED) is 0.0826. The SMILES string of the molecule is CC(C)c1ccccc1[C@@H]1CCCN1C1CC2(CCN(c3ccc(C(=O)NS(=O)(=O)c4cc5c(c([N+](=O)[O-])c4)N[C@H](Cc4ccccn4)CO5)c(N4c5cc6cc[nH]c6nc5O[C@H]5COC[C@@H]54)c3)CC2)C1. The number of likely N-dealkylation sites (tertiary alicyclic amines) is 1. The summed E-state index contributed by atoms with van der Waals surface area (Å²) < 4.78 is 49.3. The van der Waals surface area contributed by atoms with Crippen LogP contribution in [0.1, 0.15) is 91.5 Å². The number of H-pyrrole nitrogens is 1. The van der Waals surface area contributed by atoms with Gasteiger partial charge < -0.3 is 34.3 Å². The molecule has 3 saturated heterocycles. The van der Waals surface area contributed by atoms with Gasteiger partial charge in [-0.15, -0.1) is 0 Å². The first-order chi connectivity index (χ1) is 34.4. The molecule has 3 N–H and O–H groups in total. The number of carbonyl (C=O) groups is 1. The van der Waals surface area contributed by atoms with E-state index in [1.807, 2.05) is 41.3 Å². The van der Waals surface area contributed by atoms with Gasteiger partial charge in [-0.2, -0.15) is 4.98 Å². The number of nitrogens with zero attached hydrogens (tertiary/aromatic N) is 6. The summed E-state index contributed by atoms with van der Waals surface area (Å²) in [4.78, 5) is 45.6. The van der Waals surface area contributed by atoms with Crippen molar-refractivity contribution in [1.82, 2.24) is 24.6 Å². The van der Waals surface area contributed by atoms with Crippen molar-refractivity contribution in [2.45, 2.75) is 99.9 Å². The second-order valence-corrected chi connectivity index (χ2v) is 22.2.